The number of aromatic nitrogens is 3. The predicted octanol–water partition coefficient (Wildman–Crippen LogP) is 3.22. The molecule has 0 saturated carbocycles. The molecule has 0 spiro atoms. The Kier molecular flexibility index (Phi) is 2.72. The Balaban J connectivity index is 2.58. The molecule has 2 rings (SSSR count). The lowest BCUT2D eigenvalue weighted by Gasteiger charge is -2.17. The summed E-state index contributed by atoms with van der Waals surface area (Å²) < 4.78 is 0. The summed E-state index contributed by atoms with van der Waals surface area (Å²) in [5, 5.41) is 7.60. The maximum absolute atomic E-state index is 6.11. The van der Waals surface area contributed by atoms with Crippen LogP contribution in [0, 0.1) is 6.20 Å². The zero-order chi connectivity index (χ0) is 11.8. The van der Waals surface area contributed by atoms with Crippen LogP contribution in [0.2, 0.25) is 5.02 Å². The fraction of sp³-hybridized carbons (Fsp3) is 0.333. The molecule has 0 bridgehead atoms. The van der Waals surface area contributed by atoms with E-state index >= 15 is 0 Å². The van der Waals surface area contributed by atoms with Gasteiger partial charge in [0.2, 0.25) is 0 Å². The summed E-state index contributed by atoms with van der Waals surface area (Å²) in [6, 6.07) is 3.62. The topological polar surface area (TPSA) is 41.6 Å². The van der Waals surface area contributed by atoms with E-state index in [0.29, 0.717) is 5.02 Å². The lowest BCUT2D eigenvalue weighted by Crippen LogP contribution is -2.13. The van der Waals surface area contributed by atoms with Gasteiger partial charge in [-0.3, -0.25) is 10.1 Å². The average molecular weight is 235 g/mol. The van der Waals surface area contributed by atoms with Crippen molar-refractivity contribution in [3.05, 3.63) is 35.2 Å². The van der Waals surface area contributed by atoms with Crippen LogP contribution in [-0.2, 0) is 5.41 Å². The summed E-state index contributed by atoms with van der Waals surface area (Å²) in [6.45, 7) is 6.28. The largest absolute Gasteiger partial charge is 0.275 e. The first-order valence-corrected chi connectivity index (χ1v) is 5.45. The second kappa shape index (κ2) is 3.91. The number of pyridine rings is 1. The zero-order valence-corrected chi connectivity index (χ0v) is 10.3. The van der Waals surface area contributed by atoms with Gasteiger partial charge in [0.25, 0.3) is 0 Å². The van der Waals surface area contributed by atoms with Gasteiger partial charge in [-0.15, -0.1) is 0 Å². The quantitative estimate of drug-likeness (QED) is 0.823. The summed E-state index contributed by atoms with van der Waals surface area (Å²) in [5.74, 6) is 0. The Bertz CT molecular complexity index is 497. The third kappa shape index (κ3) is 1.95. The van der Waals surface area contributed by atoms with Crippen molar-refractivity contribution in [2.45, 2.75) is 26.2 Å². The van der Waals surface area contributed by atoms with Crippen LogP contribution in [0.4, 0.5) is 0 Å². The lowest BCUT2D eigenvalue weighted by atomic mass is 9.88. The van der Waals surface area contributed by atoms with Crippen molar-refractivity contribution < 1.29 is 0 Å². The van der Waals surface area contributed by atoms with Crippen LogP contribution in [-0.4, -0.2) is 15.2 Å². The molecule has 0 aliphatic heterocycles. The zero-order valence-electron chi connectivity index (χ0n) is 9.50. The van der Waals surface area contributed by atoms with Crippen molar-refractivity contribution in [3.63, 3.8) is 0 Å². The number of rotatable bonds is 1. The minimum Gasteiger partial charge on any atom is -0.275 e. The van der Waals surface area contributed by atoms with Crippen LogP contribution < -0.4 is 0 Å². The Morgan fingerprint density at radius 2 is 2.12 bits per heavy atom. The van der Waals surface area contributed by atoms with Gasteiger partial charge in [-0.2, -0.15) is 5.10 Å². The van der Waals surface area contributed by atoms with Gasteiger partial charge < -0.3 is 0 Å². The van der Waals surface area contributed by atoms with Crippen molar-refractivity contribution in [1.82, 2.24) is 15.2 Å². The molecule has 0 unspecified atom stereocenters. The second-order valence-electron chi connectivity index (χ2n) is 4.66. The van der Waals surface area contributed by atoms with Crippen LogP contribution in [0.5, 0.6) is 0 Å². The van der Waals surface area contributed by atoms with Gasteiger partial charge in [0.1, 0.15) is 0 Å². The van der Waals surface area contributed by atoms with Gasteiger partial charge in [-0.25, -0.2) is 0 Å². The Labute approximate surface area is 99.9 Å². The lowest BCUT2D eigenvalue weighted by molar-refractivity contribution is 0.568. The van der Waals surface area contributed by atoms with E-state index < -0.39 is 0 Å². The normalized spacial score (nSPS) is 11.8. The van der Waals surface area contributed by atoms with E-state index in [1.54, 1.807) is 6.20 Å². The van der Waals surface area contributed by atoms with Crippen molar-refractivity contribution >= 4 is 11.6 Å². The molecule has 0 fully saturated rings. The standard InChI is InChI=1S/C12H13ClN3/c1-12(2,3)11-8(7-15-16-11)10-9(13)5-4-6-14-10/h4-6H,1-3H3,(H,15,16). The van der Waals surface area contributed by atoms with Gasteiger partial charge in [0.05, 0.1) is 28.2 Å². The smallest absolute Gasteiger partial charge is 0.0933 e. The highest BCUT2D eigenvalue weighted by Crippen LogP contribution is 2.32. The highest BCUT2D eigenvalue weighted by atomic mass is 35.5. The van der Waals surface area contributed by atoms with Crippen LogP contribution in [0.1, 0.15) is 26.5 Å². The molecule has 0 saturated heterocycles. The molecule has 2 aromatic rings. The van der Waals surface area contributed by atoms with E-state index in [0.717, 1.165) is 17.0 Å². The highest BCUT2D eigenvalue weighted by Gasteiger charge is 2.23. The van der Waals surface area contributed by atoms with Gasteiger partial charge in [0, 0.05) is 11.6 Å². The average Bonchev–Trinajstić information content (AvgIpc) is 2.66. The van der Waals surface area contributed by atoms with Gasteiger partial charge in [-0.05, 0) is 12.1 Å². The van der Waals surface area contributed by atoms with E-state index in [1.165, 1.54) is 0 Å². The number of aromatic amines is 1. The number of H-pyrrole nitrogens is 1. The number of nitrogens with zero attached hydrogens (tertiary/aromatic N) is 2. The molecule has 1 N–H and O–H groups in total. The molecule has 0 aromatic carbocycles. The van der Waals surface area contributed by atoms with Crippen LogP contribution >= 0.6 is 11.6 Å². The van der Waals surface area contributed by atoms with E-state index in [4.69, 9.17) is 11.6 Å². The molecule has 0 amide bonds. The summed E-state index contributed by atoms with van der Waals surface area (Å²) in [7, 11) is 0. The fourth-order valence-electron chi connectivity index (χ4n) is 1.54. The van der Waals surface area contributed by atoms with E-state index in [-0.39, 0.29) is 5.41 Å². The van der Waals surface area contributed by atoms with Gasteiger partial charge in [0.15, 0.2) is 0 Å². The molecule has 3 nitrogen and oxygen atoms in total. The third-order valence-corrected chi connectivity index (χ3v) is 2.60. The van der Waals surface area contributed by atoms with E-state index in [9.17, 15) is 0 Å². The van der Waals surface area contributed by atoms with Crippen LogP contribution in [0.15, 0.2) is 18.3 Å². The SMILES string of the molecule is CC(C)(C)c1n[nH][c]c1-c1ncccc1Cl. The maximum atomic E-state index is 6.11. The molecule has 0 atom stereocenters. The molecular weight excluding hydrogens is 222 g/mol. The number of halogens is 1. The van der Waals surface area contributed by atoms with Gasteiger partial charge >= 0.3 is 0 Å². The van der Waals surface area contributed by atoms with Crippen molar-refractivity contribution in [1.29, 1.82) is 0 Å². The minimum absolute atomic E-state index is 0.0628. The third-order valence-electron chi connectivity index (χ3n) is 2.29. The molecule has 0 aliphatic carbocycles. The first kappa shape index (κ1) is 11.1. The first-order chi connectivity index (χ1) is 7.50. The molecule has 4 heteroatoms. The predicted molar refractivity (Wildman–Crippen MR) is 64.4 cm³/mol. The molecule has 2 aromatic heterocycles. The molecule has 0 aliphatic rings. The van der Waals surface area contributed by atoms with Crippen molar-refractivity contribution in [3.8, 4) is 11.3 Å². The molecule has 2 heterocycles. The van der Waals surface area contributed by atoms with Crippen LogP contribution in [0.25, 0.3) is 11.3 Å². The maximum Gasteiger partial charge on any atom is 0.0933 e. The Morgan fingerprint density at radius 1 is 1.38 bits per heavy atom. The molecule has 83 valence electrons. The molecule has 1 radical (unpaired) electrons. The highest BCUT2D eigenvalue weighted by molar-refractivity contribution is 6.33. The monoisotopic (exact) mass is 234 g/mol. The Hall–Kier alpha value is -1.35. The number of hydrogen-bond acceptors (Lipinski definition) is 2. The summed E-state index contributed by atoms with van der Waals surface area (Å²) in [6.07, 6.45) is 4.70. The Morgan fingerprint density at radius 3 is 2.75 bits per heavy atom. The molecular formula is C12H13ClN3. The summed E-state index contributed by atoms with van der Waals surface area (Å²) in [4.78, 5) is 4.27. The van der Waals surface area contributed by atoms with E-state index in [1.807, 2.05) is 12.1 Å². The number of hydrogen-bond donors (Lipinski definition) is 1. The molecule has 16 heavy (non-hydrogen) atoms. The fourth-order valence-corrected chi connectivity index (χ4v) is 1.75. The van der Waals surface area contributed by atoms with Crippen molar-refractivity contribution in [2.24, 2.45) is 0 Å². The van der Waals surface area contributed by atoms with Crippen LogP contribution in [0.3, 0.4) is 0 Å². The number of nitrogens with one attached hydrogen (secondary N) is 1. The minimum atomic E-state index is -0.0628. The van der Waals surface area contributed by atoms with Crippen molar-refractivity contribution in [2.75, 3.05) is 0 Å². The van der Waals surface area contributed by atoms with Gasteiger partial charge in [-0.1, -0.05) is 32.4 Å². The van der Waals surface area contributed by atoms with E-state index in [2.05, 4.69) is 42.1 Å². The summed E-state index contributed by atoms with van der Waals surface area (Å²) in [5.41, 5.74) is 2.43. The second-order valence-corrected chi connectivity index (χ2v) is 5.06. The summed E-state index contributed by atoms with van der Waals surface area (Å²) >= 11 is 6.11. The first-order valence-electron chi connectivity index (χ1n) is 5.07.